The molecular weight excluding hydrogens is 536 g/mol. The molecule has 0 saturated carbocycles. The molecule has 1 aromatic heterocycles. The van der Waals surface area contributed by atoms with E-state index in [2.05, 4.69) is 0 Å². The molecule has 0 bridgehead atoms. The third-order valence-corrected chi connectivity index (χ3v) is 7.05. The van der Waals surface area contributed by atoms with Crippen molar-refractivity contribution in [2.45, 2.75) is 55.1 Å². The van der Waals surface area contributed by atoms with Gasteiger partial charge in [0, 0.05) is 17.7 Å². The normalized spacial score (nSPS) is 32.8. The lowest BCUT2D eigenvalue weighted by atomic mass is 9.89. The number of rotatable bonds is 5. The van der Waals surface area contributed by atoms with E-state index in [1.165, 1.54) is 24.3 Å². The van der Waals surface area contributed by atoms with Crippen LogP contribution >= 0.6 is 0 Å². The van der Waals surface area contributed by atoms with Crippen LogP contribution in [0.1, 0.15) is 11.7 Å². The number of benzene rings is 2. The molecule has 0 unspecified atom stereocenters. The first-order chi connectivity index (χ1) is 19.0. The monoisotopic (exact) mass is 564 g/mol. The quantitative estimate of drug-likeness (QED) is 0.172. The van der Waals surface area contributed by atoms with E-state index in [9.17, 15) is 50.8 Å². The minimum Gasteiger partial charge on any atom is -0.508 e. The molecule has 40 heavy (non-hydrogen) atoms. The van der Waals surface area contributed by atoms with E-state index in [-0.39, 0.29) is 28.0 Å². The van der Waals surface area contributed by atoms with Gasteiger partial charge in [-0.15, -0.1) is 0 Å². The summed E-state index contributed by atoms with van der Waals surface area (Å²) in [6.07, 6.45) is -14.8. The van der Waals surface area contributed by atoms with Crippen LogP contribution in [0.15, 0.2) is 45.6 Å². The number of aliphatic hydroxyl groups is 6. The van der Waals surface area contributed by atoms with Gasteiger partial charge in [0.1, 0.15) is 77.2 Å². The molecule has 9 atom stereocenters. The van der Waals surface area contributed by atoms with Crippen LogP contribution in [-0.2, 0) is 14.2 Å². The topological polar surface area (TPSA) is 240 Å². The smallest absolute Gasteiger partial charge is 0.197 e. The lowest BCUT2D eigenvalue weighted by Gasteiger charge is -2.45. The van der Waals surface area contributed by atoms with Crippen molar-refractivity contribution in [3.05, 3.63) is 52.2 Å². The van der Waals surface area contributed by atoms with Crippen LogP contribution < -0.4 is 5.43 Å². The van der Waals surface area contributed by atoms with Crippen LogP contribution in [0.25, 0.3) is 22.3 Å². The molecule has 2 aromatic carbocycles. The second-order valence-electron chi connectivity index (χ2n) is 9.66. The van der Waals surface area contributed by atoms with Crippen molar-refractivity contribution in [3.8, 4) is 28.6 Å². The molecule has 0 spiro atoms. The molecule has 216 valence electrons. The number of ether oxygens (including phenoxy) is 3. The highest BCUT2D eigenvalue weighted by Gasteiger charge is 2.50. The number of phenolic OH excluding ortho intramolecular Hbond substituents is 3. The zero-order valence-electron chi connectivity index (χ0n) is 20.6. The summed E-state index contributed by atoms with van der Waals surface area (Å²) in [4.78, 5) is 13.1. The van der Waals surface area contributed by atoms with Crippen molar-refractivity contribution in [2.24, 2.45) is 0 Å². The van der Waals surface area contributed by atoms with Crippen LogP contribution in [0, 0.1) is 0 Å². The number of aromatic hydroxyl groups is 3. The third kappa shape index (κ3) is 4.89. The molecule has 0 aliphatic carbocycles. The Bertz CT molecular complexity index is 1420. The Kier molecular flexibility index (Phi) is 7.71. The molecule has 14 nitrogen and oxygen atoms in total. The largest absolute Gasteiger partial charge is 0.508 e. The van der Waals surface area contributed by atoms with Gasteiger partial charge in [-0.1, -0.05) is 0 Å². The van der Waals surface area contributed by atoms with Crippen molar-refractivity contribution in [1.82, 2.24) is 0 Å². The third-order valence-electron chi connectivity index (χ3n) is 7.05. The maximum absolute atomic E-state index is 13.1. The van der Waals surface area contributed by atoms with Crippen molar-refractivity contribution >= 4 is 11.0 Å². The number of fused-ring (bicyclic) bond motifs is 1. The van der Waals surface area contributed by atoms with Crippen LogP contribution in [-0.4, -0.2) is 108 Å². The number of phenols is 3. The summed E-state index contributed by atoms with van der Waals surface area (Å²) in [5, 5.41) is 92.2. The fourth-order valence-corrected chi connectivity index (χ4v) is 4.89. The first-order valence-corrected chi connectivity index (χ1v) is 12.3. The first kappa shape index (κ1) is 28.2. The van der Waals surface area contributed by atoms with Crippen LogP contribution in [0.5, 0.6) is 17.2 Å². The first-order valence-electron chi connectivity index (χ1n) is 12.3. The molecule has 2 fully saturated rings. The van der Waals surface area contributed by atoms with E-state index >= 15 is 0 Å². The fourth-order valence-electron chi connectivity index (χ4n) is 4.89. The van der Waals surface area contributed by atoms with E-state index in [1.807, 2.05) is 0 Å². The summed E-state index contributed by atoms with van der Waals surface area (Å²) in [7, 11) is 0. The Morgan fingerprint density at radius 3 is 2.25 bits per heavy atom. The van der Waals surface area contributed by atoms with E-state index in [0.29, 0.717) is 5.56 Å². The standard InChI is InChI=1S/C26H28O14/c27-7-16-20(34)21(35)25(40-26-22(36)19(33)14(32)8-37-26)24(39-16)18-12(30)5-11(29)17-13(31)6-15(38-23(17)18)9-1-3-10(28)4-2-9/h1-6,14,16,19-22,24-30,32-36H,7-8H2/t14-,16+,19+,20-,21+,22+,24-,25+,26-/m0/s1. The van der Waals surface area contributed by atoms with Crippen molar-refractivity contribution in [1.29, 1.82) is 0 Å². The van der Waals surface area contributed by atoms with Gasteiger partial charge in [0.15, 0.2) is 17.3 Å². The van der Waals surface area contributed by atoms with Gasteiger partial charge in [0.25, 0.3) is 0 Å². The molecule has 0 amide bonds. The lowest BCUT2D eigenvalue weighted by molar-refractivity contribution is -0.325. The van der Waals surface area contributed by atoms with Crippen molar-refractivity contribution in [2.75, 3.05) is 13.2 Å². The van der Waals surface area contributed by atoms with E-state index in [0.717, 1.165) is 12.1 Å². The maximum atomic E-state index is 13.1. The zero-order valence-corrected chi connectivity index (χ0v) is 20.6. The molecule has 0 radical (unpaired) electrons. The van der Waals surface area contributed by atoms with E-state index in [1.54, 1.807) is 0 Å². The molecule has 2 saturated heterocycles. The number of hydrogen-bond acceptors (Lipinski definition) is 14. The summed E-state index contributed by atoms with van der Waals surface area (Å²) < 4.78 is 22.7. The average Bonchev–Trinajstić information content (AvgIpc) is 2.92. The minimum absolute atomic E-state index is 0.0283. The maximum Gasteiger partial charge on any atom is 0.197 e. The summed E-state index contributed by atoms with van der Waals surface area (Å²) in [6.45, 7) is -1.23. The molecule has 2 aliphatic heterocycles. The van der Waals surface area contributed by atoms with Crippen molar-refractivity contribution < 1.29 is 64.6 Å². The highest BCUT2D eigenvalue weighted by Crippen LogP contribution is 2.45. The Morgan fingerprint density at radius 2 is 1.57 bits per heavy atom. The highest BCUT2D eigenvalue weighted by atomic mass is 16.7. The molecular formula is C26H28O14. The van der Waals surface area contributed by atoms with Crippen LogP contribution in [0.2, 0.25) is 0 Å². The summed E-state index contributed by atoms with van der Waals surface area (Å²) in [5.74, 6) is -1.39. The van der Waals surface area contributed by atoms with Gasteiger partial charge in [0.2, 0.25) is 0 Å². The SMILES string of the molecule is O=c1cc(-c2ccc(O)cc2)oc2c([C@@H]3O[C@H](CO)[C@H](O)[C@@H](O)[C@H]3O[C@@H]3OC[C@H](O)[C@@H](O)[C@H]3O)c(O)cc(O)c12. The minimum atomic E-state index is -1.84. The molecule has 3 heterocycles. The number of hydrogen-bond donors (Lipinski definition) is 9. The predicted molar refractivity (Wildman–Crippen MR) is 132 cm³/mol. The van der Waals surface area contributed by atoms with E-state index in [4.69, 9.17) is 18.6 Å². The van der Waals surface area contributed by atoms with Gasteiger partial charge < -0.3 is 64.6 Å². The van der Waals surface area contributed by atoms with Gasteiger partial charge in [-0.3, -0.25) is 4.79 Å². The highest BCUT2D eigenvalue weighted by molar-refractivity contribution is 5.89. The summed E-state index contributed by atoms with van der Waals surface area (Å²) >= 11 is 0. The van der Waals surface area contributed by atoms with Gasteiger partial charge in [0.05, 0.1) is 18.8 Å². The Balaban J connectivity index is 1.66. The van der Waals surface area contributed by atoms with Gasteiger partial charge in [-0.25, -0.2) is 0 Å². The van der Waals surface area contributed by atoms with Crippen LogP contribution in [0.3, 0.4) is 0 Å². The Morgan fingerprint density at radius 1 is 0.875 bits per heavy atom. The van der Waals surface area contributed by atoms with Gasteiger partial charge >= 0.3 is 0 Å². The Labute approximate surface area is 225 Å². The summed E-state index contributed by atoms with van der Waals surface area (Å²) in [5.41, 5.74) is -1.07. The van der Waals surface area contributed by atoms with Crippen molar-refractivity contribution in [3.63, 3.8) is 0 Å². The average molecular weight is 564 g/mol. The van der Waals surface area contributed by atoms with Gasteiger partial charge in [-0.2, -0.15) is 0 Å². The van der Waals surface area contributed by atoms with E-state index < -0.39 is 85.3 Å². The molecule has 9 N–H and O–H groups in total. The summed E-state index contributed by atoms with van der Waals surface area (Å²) in [6, 6.07) is 7.52. The van der Waals surface area contributed by atoms with Gasteiger partial charge in [-0.05, 0) is 24.3 Å². The zero-order chi connectivity index (χ0) is 28.9. The molecule has 5 rings (SSSR count). The molecule has 3 aromatic rings. The fraction of sp³-hybridized carbons (Fsp3) is 0.423. The molecule has 2 aliphatic rings. The molecule has 14 heteroatoms. The lowest BCUT2D eigenvalue weighted by Crippen LogP contribution is -2.60. The van der Waals surface area contributed by atoms with Crippen LogP contribution in [0.4, 0.5) is 0 Å². The second kappa shape index (κ2) is 10.9. The Hall–Kier alpha value is -3.31. The number of aliphatic hydroxyl groups excluding tert-OH is 6. The second-order valence-corrected chi connectivity index (χ2v) is 9.66. The predicted octanol–water partition coefficient (Wildman–Crippen LogP) is -1.45.